The summed E-state index contributed by atoms with van der Waals surface area (Å²) < 4.78 is 36.4. The molecule has 8 nitrogen and oxygen atoms in total. The topological polar surface area (TPSA) is 105 Å². The molecule has 0 radical (unpaired) electrons. The van der Waals surface area contributed by atoms with E-state index >= 15 is 0 Å². The molecule has 9 heteroatoms. The van der Waals surface area contributed by atoms with Gasteiger partial charge in [0.25, 0.3) is 5.91 Å². The summed E-state index contributed by atoms with van der Waals surface area (Å²) in [6.07, 6.45) is 3.60. The van der Waals surface area contributed by atoms with Gasteiger partial charge in [-0.15, -0.1) is 5.92 Å². The van der Waals surface area contributed by atoms with Crippen LogP contribution in [0.4, 0.5) is 0 Å². The van der Waals surface area contributed by atoms with E-state index in [4.69, 9.17) is 9.47 Å². The highest BCUT2D eigenvalue weighted by Crippen LogP contribution is 2.31. The second-order valence-electron chi connectivity index (χ2n) is 8.93. The van der Waals surface area contributed by atoms with Crippen molar-refractivity contribution >= 4 is 15.7 Å². The van der Waals surface area contributed by atoms with Crippen LogP contribution in [-0.4, -0.2) is 62.0 Å². The Morgan fingerprint density at radius 1 is 1.03 bits per heavy atom. The third-order valence-corrected chi connectivity index (χ3v) is 8.80. The molecule has 0 spiro atoms. The quantitative estimate of drug-likeness (QED) is 0.269. The van der Waals surface area contributed by atoms with Crippen molar-refractivity contribution in [3.05, 3.63) is 54.1 Å². The number of hydrogen-bond acceptors (Lipinski definition) is 7. The summed E-state index contributed by atoms with van der Waals surface area (Å²) in [7, 11) is -4.18. The first kappa shape index (κ1) is 27.5. The van der Waals surface area contributed by atoms with E-state index in [-0.39, 0.29) is 17.9 Å². The lowest BCUT2D eigenvalue weighted by Crippen LogP contribution is -2.51. The van der Waals surface area contributed by atoms with Gasteiger partial charge in [-0.3, -0.25) is 14.9 Å². The van der Waals surface area contributed by atoms with Crippen LogP contribution in [0.5, 0.6) is 11.5 Å². The Morgan fingerprint density at radius 3 is 2.25 bits per heavy atom. The summed E-state index contributed by atoms with van der Waals surface area (Å²) >= 11 is 0. The summed E-state index contributed by atoms with van der Waals surface area (Å²) in [6, 6.07) is 12.8. The molecule has 2 aromatic carbocycles. The maximum absolute atomic E-state index is 13.5. The van der Waals surface area contributed by atoms with Gasteiger partial charge in [-0.05, 0) is 81.7 Å². The minimum atomic E-state index is -4.18. The Hall–Kier alpha value is -3.06. The van der Waals surface area contributed by atoms with Crippen molar-refractivity contribution in [2.45, 2.75) is 49.2 Å². The minimum absolute atomic E-state index is 0.0554. The minimum Gasteiger partial charge on any atom is -0.492 e. The smallest absolute Gasteiger partial charge is 0.265 e. The predicted octanol–water partition coefficient (Wildman–Crippen LogP) is 3.23. The molecule has 36 heavy (non-hydrogen) atoms. The second-order valence-corrected chi connectivity index (χ2v) is 11.3. The summed E-state index contributed by atoms with van der Waals surface area (Å²) in [5.41, 5.74) is 2.15. The molecule has 0 saturated carbocycles. The number of carbonyl (C=O) groups excluding carboxylic acids is 1. The molecule has 1 heterocycles. The summed E-state index contributed by atoms with van der Waals surface area (Å²) in [5, 5.41) is 9.35. The molecule has 0 bridgehead atoms. The lowest BCUT2D eigenvalue weighted by atomic mass is 9.99. The number of piperidine rings is 1. The molecule has 1 unspecified atom stereocenters. The largest absolute Gasteiger partial charge is 0.492 e. The number of nitrogens with one attached hydrogen (secondary N) is 1. The molecular formula is C27H34N2O6S. The maximum atomic E-state index is 13.5. The average molecular weight is 515 g/mol. The van der Waals surface area contributed by atoms with Gasteiger partial charge in [0.05, 0.1) is 4.90 Å². The van der Waals surface area contributed by atoms with Gasteiger partial charge in [-0.1, -0.05) is 24.5 Å². The van der Waals surface area contributed by atoms with E-state index in [0.717, 1.165) is 19.6 Å². The number of amides is 1. The van der Waals surface area contributed by atoms with Crippen molar-refractivity contribution in [2.24, 2.45) is 0 Å². The van der Waals surface area contributed by atoms with Gasteiger partial charge in [0.2, 0.25) is 0 Å². The summed E-state index contributed by atoms with van der Waals surface area (Å²) in [5.74, 6) is 5.60. The molecule has 1 saturated heterocycles. The molecule has 3 rings (SSSR count). The SMILES string of the molecule is CC#CCOc1ccc(S(=O)(=O)C(C)(Cc2ccc(OCCN3CCCCC3)cc2)C(=O)NO)cc1. The standard InChI is InChI=1S/C27H34N2O6S/c1-3-4-19-34-24-12-14-25(15-13-24)36(32,33)27(2,26(30)28-31)21-22-8-10-23(11-9-22)35-20-18-29-16-6-5-7-17-29/h8-15,31H,5-7,16-21H2,1-2H3,(H,28,30). The Bertz CT molecular complexity index is 1160. The monoisotopic (exact) mass is 514 g/mol. The van der Waals surface area contributed by atoms with Crippen LogP contribution in [0.3, 0.4) is 0 Å². The fourth-order valence-corrected chi connectivity index (χ4v) is 5.81. The number of rotatable bonds is 11. The normalized spacial score (nSPS) is 15.8. The van der Waals surface area contributed by atoms with E-state index < -0.39 is 20.5 Å². The van der Waals surface area contributed by atoms with Crippen LogP contribution in [-0.2, 0) is 21.1 Å². The Kier molecular flexibility index (Phi) is 9.76. The van der Waals surface area contributed by atoms with Crippen LogP contribution in [0.15, 0.2) is 53.4 Å². The van der Waals surface area contributed by atoms with E-state index in [1.807, 2.05) is 0 Å². The van der Waals surface area contributed by atoms with Crippen LogP contribution >= 0.6 is 0 Å². The third kappa shape index (κ3) is 6.78. The van der Waals surface area contributed by atoms with E-state index in [1.54, 1.807) is 31.2 Å². The maximum Gasteiger partial charge on any atom is 0.265 e. The van der Waals surface area contributed by atoms with E-state index in [2.05, 4.69) is 16.7 Å². The van der Waals surface area contributed by atoms with E-state index in [0.29, 0.717) is 23.7 Å². The Morgan fingerprint density at radius 2 is 1.64 bits per heavy atom. The fourth-order valence-electron chi connectivity index (χ4n) is 4.15. The number of hydroxylamine groups is 1. The lowest BCUT2D eigenvalue weighted by Gasteiger charge is -2.27. The average Bonchev–Trinajstić information content (AvgIpc) is 2.90. The highest BCUT2D eigenvalue weighted by molar-refractivity contribution is 7.93. The molecule has 194 valence electrons. The Labute approximate surface area is 213 Å². The van der Waals surface area contributed by atoms with Crippen molar-refractivity contribution in [1.82, 2.24) is 10.4 Å². The molecule has 1 aliphatic rings. The zero-order valence-corrected chi connectivity index (χ0v) is 21.6. The first-order chi connectivity index (χ1) is 17.3. The van der Waals surface area contributed by atoms with Gasteiger partial charge < -0.3 is 9.47 Å². The highest BCUT2D eigenvalue weighted by atomic mass is 32.2. The second kappa shape index (κ2) is 12.8. The zero-order valence-electron chi connectivity index (χ0n) is 20.8. The molecule has 0 aromatic heterocycles. The van der Waals surface area contributed by atoms with Crippen molar-refractivity contribution in [3.8, 4) is 23.3 Å². The van der Waals surface area contributed by atoms with Crippen molar-refractivity contribution in [2.75, 3.05) is 32.8 Å². The lowest BCUT2D eigenvalue weighted by molar-refractivity contribution is -0.131. The van der Waals surface area contributed by atoms with Gasteiger partial charge in [-0.25, -0.2) is 13.9 Å². The Balaban J connectivity index is 1.70. The van der Waals surface area contributed by atoms with Crippen molar-refractivity contribution in [1.29, 1.82) is 0 Å². The summed E-state index contributed by atoms with van der Waals surface area (Å²) in [6.45, 7) is 6.83. The molecule has 0 aliphatic carbocycles. The van der Waals surface area contributed by atoms with Crippen LogP contribution in [0, 0.1) is 11.8 Å². The van der Waals surface area contributed by atoms with Crippen molar-refractivity contribution < 1.29 is 27.9 Å². The number of hydrogen-bond donors (Lipinski definition) is 2. The molecule has 2 aromatic rings. The zero-order chi connectivity index (χ0) is 26.0. The van der Waals surface area contributed by atoms with Crippen LogP contribution in [0.1, 0.15) is 38.7 Å². The predicted molar refractivity (Wildman–Crippen MR) is 137 cm³/mol. The molecule has 2 N–H and O–H groups in total. The molecule has 1 fully saturated rings. The number of ether oxygens (including phenoxy) is 2. The molecular weight excluding hydrogens is 480 g/mol. The molecule has 1 aliphatic heterocycles. The van der Waals surface area contributed by atoms with Gasteiger partial charge in [-0.2, -0.15) is 0 Å². The first-order valence-corrected chi connectivity index (χ1v) is 13.5. The fraction of sp³-hybridized carbons (Fsp3) is 0.444. The van der Waals surface area contributed by atoms with Gasteiger partial charge in [0.15, 0.2) is 14.6 Å². The number of benzene rings is 2. The first-order valence-electron chi connectivity index (χ1n) is 12.1. The van der Waals surface area contributed by atoms with Gasteiger partial charge >= 0.3 is 0 Å². The molecule has 1 atom stereocenters. The van der Waals surface area contributed by atoms with E-state index in [1.165, 1.54) is 55.9 Å². The van der Waals surface area contributed by atoms with Crippen LogP contribution in [0.25, 0.3) is 0 Å². The molecule has 1 amide bonds. The third-order valence-electron chi connectivity index (χ3n) is 6.39. The number of carbonyl (C=O) groups is 1. The summed E-state index contributed by atoms with van der Waals surface area (Å²) in [4.78, 5) is 15.0. The van der Waals surface area contributed by atoms with Crippen molar-refractivity contribution in [3.63, 3.8) is 0 Å². The number of likely N-dealkylation sites (tertiary alicyclic amines) is 1. The van der Waals surface area contributed by atoms with Gasteiger partial charge in [0, 0.05) is 13.0 Å². The number of sulfone groups is 1. The van der Waals surface area contributed by atoms with E-state index in [9.17, 15) is 18.4 Å². The van der Waals surface area contributed by atoms with Crippen LogP contribution < -0.4 is 15.0 Å². The highest BCUT2D eigenvalue weighted by Gasteiger charge is 2.47. The number of nitrogens with zero attached hydrogens (tertiary/aromatic N) is 1. The van der Waals surface area contributed by atoms with Crippen LogP contribution in [0.2, 0.25) is 0 Å². The van der Waals surface area contributed by atoms with Gasteiger partial charge in [0.1, 0.15) is 24.7 Å².